The number of alkyl halides is 3. The maximum Gasteiger partial charge on any atom is 0.433 e. The molecule has 0 saturated carbocycles. The van der Waals surface area contributed by atoms with Gasteiger partial charge in [-0.3, -0.25) is 4.79 Å². The molecule has 1 aromatic heterocycles. The van der Waals surface area contributed by atoms with E-state index in [0.717, 1.165) is 12.1 Å². The third-order valence-corrected chi connectivity index (χ3v) is 3.35. The normalized spacial score (nSPS) is 14.1. The average molecular weight is 354 g/mol. The van der Waals surface area contributed by atoms with Gasteiger partial charge in [-0.25, -0.2) is 4.98 Å². The standard InChI is InChI=1S/C15H22F3N3O.ClH/c1-9(2)7-14(4,8-19)21-13(22)11-5-6-12(15(16,17)18)20-10(11)3;/h5-6,9H,7-8,19H2,1-4H3,(H,21,22);1H. The maximum atomic E-state index is 12.6. The van der Waals surface area contributed by atoms with Crippen LogP contribution in [0.4, 0.5) is 13.2 Å². The Bertz CT molecular complexity index is 549. The number of nitrogens with two attached hydrogens (primary N) is 1. The summed E-state index contributed by atoms with van der Waals surface area (Å²) in [4.78, 5) is 15.8. The lowest BCUT2D eigenvalue weighted by Gasteiger charge is -2.31. The van der Waals surface area contributed by atoms with E-state index in [0.29, 0.717) is 12.3 Å². The molecule has 23 heavy (non-hydrogen) atoms. The van der Waals surface area contributed by atoms with Crippen LogP contribution < -0.4 is 11.1 Å². The molecule has 1 heterocycles. The summed E-state index contributed by atoms with van der Waals surface area (Å²) in [5.41, 5.74) is 4.26. The first-order valence-electron chi connectivity index (χ1n) is 7.06. The van der Waals surface area contributed by atoms with E-state index < -0.39 is 23.3 Å². The molecule has 1 aromatic rings. The number of rotatable bonds is 5. The highest BCUT2D eigenvalue weighted by atomic mass is 35.5. The number of aromatic nitrogens is 1. The number of carbonyl (C=O) groups is 1. The minimum atomic E-state index is -4.52. The summed E-state index contributed by atoms with van der Waals surface area (Å²) in [7, 11) is 0. The van der Waals surface area contributed by atoms with Gasteiger partial charge in [-0.1, -0.05) is 13.8 Å². The molecule has 1 rings (SSSR count). The molecule has 3 N–H and O–H groups in total. The lowest BCUT2D eigenvalue weighted by atomic mass is 9.90. The van der Waals surface area contributed by atoms with Gasteiger partial charge < -0.3 is 11.1 Å². The molecule has 0 aliphatic rings. The van der Waals surface area contributed by atoms with Crippen LogP contribution in [0.5, 0.6) is 0 Å². The molecule has 132 valence electrons. The van der Waals surface area contributed by atoms with Crippen LogP contribution in [-0.4, -0.2) is 23.0 Å². The van der Waals surface area contributed by atoms with E-state index in [1.165, 1.54) is 6.92 Å². The van der Waals surface area contributed by atoms with E-state index in [2.05, 4.69) is 10.3 Å². The Morgan fingerprint density at radius 2 is 1.91 bits per heavy atom. The summed E-state index contributed by atoms with van der Waals surface area (Å²) in [5.74, 6) is -0.145. The molecule has 0 bridgehead atoms. The molecule has 0 aliphatic carbocycles. The maximum absolute atomic E-state index is 12.6. The Balaban J connectivity index is 0.00000484. The van der Waals surface area contributed by atoms with Crippen LogP contribution in [0.2, 0.25) is 0 Å². The predicted octanol–water partition coefficient (Wildman–Crippen LogP) is 3.32. The van der Waals surface area contributed by atoms with Crippen molar-refractivity contribution >= 4 is 18.3 Å². The number of nitrogens with zero attached hydrogens (tertiary/aromatic N) is 1. The Labute approximate surface area is 140 Å². The lowest BCUT2D eigenvalue weighted by Crippen LogP contribution is -2.52. The van der Waals surface area contributed by atoms with Crippen molar-refractivity contribution in [2.75, 3.05) is 6.54 Å². The first-order valence-corrected chi connectivity index (χ1v) is 7.06. The van der Waals surface area contributed by atoms with Crippen molar-refractivity contribution in [1.29, 1.82) is 0 Å². The Kier molecular flexibility index (Phi) is 7.50. The molecular formula is C15H23ClF3N3O. The molecular weight excluding hydrogens is 331 g/mol. The smallest absolute Gasteiger partial charge is 0.346 e. The summed E-state index contributed by atoms with van der Waals surface area (Å²) in [6, 6.07) is 1.96. The average Bonchev–Trinajstić information content (AvgIpc) is 2.36. The summed E-state index contributed by atoms with van der Waals surface area (Å²) in [5, 5.41) is 2.80. The van der Waals surface area contributed by atoms with Gasteiger partial charge in [0.05, 0.1) is 11.3 Å². The van der Waals surface area contributed by atoms with Crippen LogP contribution in [0.1, 0.15) is 48.9 Å². The van der Waals surface area contributed by atoms with E-state index in [-0.39, 0.29) is 30.2 Å². The van der Waals surface area contributed by atoms with Gasteiger partial charge in [-0.2, -0.15) is 13.2 Å². The van der Waals surface area contributed by atoms with Crippen molar-refractivity contribution in [2.24, 2.45) is 11.7 Å². The van der Waals surface area contributed by atoms with E-state index in [1.54, 1.807) is 0 Å². The fourth-order valence-electron chi connectivity index (χ4n) is 2.39. The van der Waals surface area contributed by atoms with Crippen molar-refractivity contribution in [1.82, 2.24) is 10.3 Å². The topological polar surface area (TPSA) is 68.0 Å². The van der Waals surface area contributed by atoms with Gasteiger partial charge in [0.25, 0.3) is 5.91 Å². The second-order valence-corrected chi connectivity index (χ2v) is 6.14. The third-order valence-electron chi connectivity index (χ3n) is 3.35. The quantitative estimate of drug-likeness (QED) is 0.853. The summed E-state index contributed by atoms with van der Waals surface area (Å²) >= 11 is 0. The number of amides is 1. The van der Waals surface area contributed by atoms with Crippen LogP contribution in [0, 0.1) is 12.8 Å². The van der Waals surface area contributed by atoms with Crippen LogP contribution >= 0.6 is 12.4 Å². The fourth-order valence-corrected chi connectivity index (χ4v) is 2.39. The van der Waals surface area contributed by atoms with Gasteiger partial charge in [0.1, 0.15) is 5.69 Å². The largest absolute Gasteiger partial charge is 0.433 e. The second kappa shape index (κ2) is 7.97. The predicted molar refractivity (Wildman–Crippen MR) is 85.6 cm³/mol. The summed E-state index contributed by atoms with van der Waals surface area (Å²) in [6.07, 6.45) is -3.86. The van der Waals surface area contributed by atoms with Gasteiger partial charge in [0, 0.05) is 12.1 Å². The number of hydrogen-bond donors (Lipinski definition) is 2. The van der Waals surface area contributed by atoms with Gasteiger partial charge in [-0.15, -0.1) is 12.4 Å². The van der Waals surface area contributed by atoms with Crippen LogP contribution in [0.25, 0.3) is 0 Å². The minimum absolute atomic E-state index is 0. The lowest BCUT2D eigenvalue weighted by molar-refractivity contribution is -0.141. The van der Waals surface area contributed by atoms with Crippen LogP contribution in [0.15, 0.2) is 12.1 Å². The highest BCUT2D eigenvalue weighted by Crippen LogP contribution is 2.28. The van der Waals surface area contributed by atoms with E-state index in [1.807, 2.05) is 20.8 Å². The number of hydrogen-bond acceptors (Lipinski definition) is 3. The molecule has 0 aliphatic heterocycles. The van der Waals surface area contributed by atoms with Gasteiger partial charge in [-0.05, 0) is 38.3 Å². The van der Waals surface area contributed by atoms with Crippen molar-refractivity contribution in [3.05, 3.63) is 29.1 Å². The molecule has 0 fully saturated rings. The van der Waals surface area contributed by atoms with Crippen molar-refractivity contribution in [2.45, 2.75) is 45.8 Å². The number of halogens is 4. The Morgan fingerprint density at radius 1 is 1.35 bits per heavy atom. The molecule has 1 unspecified atom stereocenters. The molecule has 1 atom stereocenters. The van der Waals surface area contributed by atoms with Gasteiger partial charge in [0.15, 0.2) is 0 Å². The Hall–Kier alpha value is -1.34. The highest BCUT2D eigenvalue weighted by molar-refractivity contribution is 5.95. The molecule has 0 saturated heterocycles. The summed E-state index contributed by atoms with van der Waals surface area (Å²) in [6.45, 7) is 7.45. The SMILES string of the molecule is Cc1nc(C(F)(F)F)ccc1C(=O)NC(C)(CN)CC(C)C.Cl. The van der Waals surface area contributed by atoms with Gasteiger partial charge >= 0.3 is 6.18 Å². The Morgan fingerprint density at radius 3 is 2.30 bits per heavy atom. The van der Waals surface area contributed by atoms with Crippen molar-refractivity contribution < 1.29 is 18.0 Å². The fraction of sp³-hybridized carbons (Fsp3) is 0.600. The number of carbonyl (C=O) groups excluding carboxylic acids is 1. The zero-order chi connectivity index (χ0) is 17.1. The van der Waals surface area contributed by atoms with Gasteiger partial charge in [0.2, 0.25) is 0 Å². The minimum Gasteiger partial charge on any atom is -0.346 e. The molecule has 0 aromatic carbocycles. The van der Waals surface area contributed by atoms with Crippen LogP contribution in [-0.2, 0) is 6.18 Å². The number of pyridine rings is 1. The monoisotopic (exact) mass is 353 g/mol. The zero-order valence-electron chi connectivity index (χ0n) is 13.6. The van der Waals surface area contributed by atoms with Crippen LogP contribution in [0.3, 0.4) is 0 Å². The third kappa shape index (κ3) is 5.99. The summed E-state index contributed by atoms with van der Waals surface area (Å²) < 4.78 is 37.8. The molecule has 1 amide bonds. The zero-order valence-corrected chi connectivity index (χ0v) is 14.4. The van der Waals surface area contributed by atoms with Crippen molar-refractivity contribution in [3.63, 3.8) is 0 Å². The first-order chi connectivity index (χ1) is 9.98. The number of aryl methyl sites for hydroxylation is 1. The van der Waals surface area contributed by atoms with E-state index in [4.69, 9.17) is 5.73 Å². The van der Waals surface area contributed by atoms with E-state index >= 15 is 0 Å². The number of nitrogens with one attached hydrogen (secondary N) is 1. The molecule has 8 heteroatoms. The highest BCUT2D eigenvalue weighted by Gasteiger charge is 2.33. The first kappa shape index (κ1) is 21.7. The van der Waals surface area contributed by atoms with Crippen molar-refractivity contribution in [3.8, 4) is 0 Å². The second-order valence-electron chi connectivity index (χ2n) is 6.14. The molecule has 0 radical (unpaired) electrons. The molecule has 4 nitrogen and oxygen atoms in total. The molecule has 0 spiro atoms. The van der Waals surface area contributed by atoms with E-state index in [9.17, 15) is 18.0 Å².